The van der Waals surface area contributed by atoms with E-state index in [4.69, 9.17) is 16.4 Å². The molecule has 2 aromatic rings. The van der Waals surface area contributed by atoms with Crippen molar-refractivity contribution in [3.05, 3.63) is 34.7 Å². The van der Waals surface area contributed by atoms with Gasteiger partial charge in [0.25, 0.3) is 11.8 Å². The van der Waals surface area contributed by atoms with Crippen LogP contribution in [-0.2, 0) is 22.2 Å². The van der Waals surface area contributed by atoms with Crippen LogP contribution in [-0.4, -0.2) is 37.1 Å². The average Bonchev–Trinajstić information content (AvgIpc) is 2.88. The predicted molar refractivity (Wildman–Crippen MR) is 106 cm³/mol. The molecule has 1 saturated carbocycles. The van der Waals surface area contributed by atoms with E-state index in [0.29, 0.717) is 6.92 Å². The Hall–Kier alpha value is -2.21. The monoisotopic (exact) mass is 481 g/mol. The van der Waals surface area contributed by atoms with E-state index in [1.165, 1.54) is 18.3 Å². The van der Waals surface area contributed by atoms with Crippen LogP contribution in [0.1, 0.15) is 42.9 Å². The summed E-state index contributed by atoms with van der Waals surface area (Å²) in [4.78, 5) is 16.7. The van der Waals surface area contributed by atoms with Gasteiger partial charge < -0.3 is 5.32 Å². The number of alkyl halides is 4. The van der Waals surface area contributed by atoms with Gasteiger partial charge in [-0.25, -0.2) is 22.8 Å². The van der Waals surface area contributed by atoms with Crippen LogP contribution >= 0.6 is 11.6 Å². The molecule has 3 rings (SSSR count). The molecule has 2 heterocycles. The molecular formula is C18H20ClF4N5O2S. The van der Waals surface area contributed by atoms with Crippen molar-refractivity contribution in [3.63, 3.8) is 0 Å². The molecule has 1 aliphatic carbocycles. The van der Waals surface area contributed by atoms with Gasteiger partial charge in [-0.1, -0.05) is 18.5 Å². The van der Waals surface area contributed by atoms with Gasteiger partial charge in [0.05, 0.1) is 9.73 Å². The standard InChI is InChI=1S/C18H20ClF4N5O2S/c1-16(7-18(22,23)8-16)9-28-13(12(19)14(27-28)17(2,20)21)15(29)26-10-4-5-25-11(6-10)31(3,24)30/h4-6,24H,7-9H2,1-3H3,(H,25,26,29). The number of carbonyl (C=O) groups excluding carboxylic acids is 1. The predicted octanol–water partition coefficient (Wildman–Crippen LogP) is 4.77. The second-order valence-corrected chi connectivity index (χ2v) is 10.7. The number of pyridine rings is 1. The van der Waals surface area contributed by atoms with Crippen molar-refractivity contribution in [2.24, 2.45) is 5.41 Å². The molecule has 170 valence electrons. The molecule has 0 saturated heterocycles. The van der Waals surface area contributed by atoms with Crippen molar-refractivity contribution >= 4 is 32.9 Å². The minimum atomic E-state index is -3.47. The molecule has 1 unspecified atom stereocenters. The fraction of sp³-hybridized carbons (Fsp3) is 0.500. The number of hydrogen-bond acceptors (Lipinski definition) is 5. The molecule has 0 radical (unpaired) electrons. The first-order chi connectivity index (χ1) is 14.0. The van der Waals surface area contributed by atoms with E-state index in [9.17, 15) is 26.6 Å². The van der Waals surface area contributed by atoms with Crippen molar-refractivity contribution in [1.82, 2.24) is 14.8 Å². The third kappa shape index (κ3) is 5.00. The molecule has 1 aliphatic rings. The van der Waals surface area contributed by atoms with E-state index in [-0.39, 0.29) is 17.3 Å². The van der Waals surface area contributed by atoms with Crippen LogP contribution in [0.2, 0.25) is 5.02 Å². The maximum absolute atomic E-state index is 14.0. The third-order valence-corrected chi connectivity index (χ3v) is 6.20. The number of carbonyl (C=O) groups is 1. The lowest BCUT2D eigenvalue weighted by Gasteiger charge is -2.44. The second-order valence-electron chi connectivity index (χ2n) is 8.26. The lowest BCUT2D eigenvalue weighted by atomic mass is 9.67. The Balaban J connectivity index is 1.97. The summed E-state index contributed by atoms with van der Waals surface area (Å²) in [5.41, 5.74) is -2.09. The normalized spacial score (nSPS) is 19.4. The summed E-state index contributed by atoms with van der Waals surface area (Å²) in [5, 5.41) is 5.51. The summed E-state index contributed by atoms with van der Waals surface area (Å²) in [5.74, 6) is -7.24. The Morgan fingerprint density at radius 1 is 1.42 bits per heavy atom. The highest BCUT2D eigenvalue weighted by atomic mass is 35.5. The minimum Gasteiger partial charge on any atom is -0.320 e. The van der Waals surface area contributed by atoms with Crippen LogP contribution in [0.15, 0.2) is 23.4 Å². The van der Waals surface area contributed by atoms with Crippen molar-refractivity contribution in [2.45, 2.75) is 50.1 Å². The first kappa shape index (κ1) is 23.5. The van der Waals surface area contributed by atoms with Gasteiger partial charge in [0.2, 0.25) is 5.92 Å². The van der Waals surface area contributed by atoms with Crippen LogP contribution in [0.3, 0.4) is 0 Å². The molecule has 7 nitrogen and oxygen atoms in total. The number of anilines is 1. The summed E-state index contributed by atoms with van der Waals surface area (Å²) in [6.07, 6.45) is 1.43. The summed E-state index contributed by atoms with van der Waals surface area (Å²) >= 11 is 6.06. The molecule has 2 aromatic heterocycles. The number of nitrogens with one attached hydrogen (secondary N) is 2. The van der Waals surface area contributed by atoms with Gasteiger partial charge in [-0.2, -0.15) is 13.9 Å². The topological polar surface area (TPSA) is 101 Å². The van der Waals surface area contributed by atoms with Crippen LogP contribution < -0.4 is 5.32 Å². The Kier molecular flexibility index (Phi) is 5.63. The van der Waals surface area contributed by atoms with E-state index in [2.05, 4.69) is 15.4 Å². The minimum absolute atomic E-state index is 0.0881. The van der Waals surface area contributed by atoms with E-state index in [1.807, 2.05) is 0 Å². The number of amides is 1. The molecule has 0 aromatic carbocycles. The van der Waals surface area contributed by atoms with Gasteiger partial charge >= 0.3 is 0 Å². The molecule has 31 heavy (non-hydrogen) atoms. The zero-order valence-electron chi connectivity index (χ0n) is 16.8. The highest BCUT2D eigenvalue weighted by molar-refractivity contribution is 7.91. The highest BCUT2D eigenvalue weighted by Gasteiger charge is 2.54. The molecule has 1 amide bonds. The molecule has 0 spiro atoms. The maximum atomic E-state index is 14.0. The fourth-order valence-electron chi connectivity index (χ4n) is 3.61. The summed E-state index contributed by atoms with van der Waals surface area (Å²) in [6, 6.07) is 2.56. The number of aromatic nitrogens is 3. The Labute approximate surface area is 181 Å². The van der Waals surface area contributed by atoms with Crippen LogP contribution in [0.25, 0.3) is 0 Å². The van der Waals surface area contributed by atoms with Crippen molar-refractivity contribution < 1.29 is 26.6 Å². The van der Waals surface area contributed by atoms with E-state index >= 15 is 0 Å². The van der Waals surface area contributed by atoms with Crippen LogP contribution in [0.5, 0.6) is 0 Å². The lowest BCUT2D eigenvalue weighted by Crippen LogP contribution is -2.47. The zero-order valence-corrected chi connectivity index (χ0v) is 18.4. The second kappa shape index (κ2) is 7.44. The Morgan fingerprint density at radius 2 is 2.03 bits per heavy atom. The molecule has 1 fully saturated rings. The Morgan fingerprint density at radius 3 is 2.55 bits per heavy atom. The third-order valence-electron chi connectivity index (χ3n) is 4.82. The van der Waals surface area contributed by atoms with Crippen molar-refractivity contribution in [3.8, 4) is 0 Å². The van der Waals surface area contributed by atoms with Gasteiger partial charge in [-0.3, -0.25) is 9.48 Å². The lowest BCUT2D eigenvalue weighted by molar-refractivity contribution is -0.160. The molecule has 0 bridgehead atoms. The number of nitrogens with zero attached hydrogens (tertiary/aromatic N) is 3. The summed E-state index contributed by atoms with van der Waals surface area (Å²) < 4.78 is 75.1. The first-order valence-corrected chi connectivity index (χ1v) is 11.4. The molecule has 2 N–H and O–H groups in total. The molecule has 1 atom stereocenters. The van der Waals surface area contributed by atoms with Crippen LogP contribution in [0, 0.1) is 10.2 Å². The summed E-state index contributed by atoms with van der Waals surface area (Å²) in [7, 11) is -3.16. The number of hydrogen-bond donors (Lipinski definition) is 2. The maximum Gasteiger partial charge on any atom is 0.290 e. The first-order valence-electron chi connectivity index (χ1n) is 9.04. The van der Waals surface area contributed by atoms with Gasteiger partial charge in [-0.15, -0.1) is 0 Å². The van der Waals surface area contributed by atoms with Crippen LogP contribution in [0.4, 0.5) is 23.2 Å². The SMILES string of the molecule is CC1(Cn2nc(C(C)(F)F)c(Cl)c2C(=O)Nc2ccnc(S(C)(=N)=O)c2)CC(F)(F)C1. The smallest absolute Gasteiger partial charge is 0.290 e. The quantitative estimate of drug-likeness (QED) is 0.580. The Bertz CT molecular complexity index is 1140. The highest BCUT2D eigenvalue weighted by Crippen LogP contribution is 2.53. The van der Waals surface area contributed by atoms with Gasteiger partial charge in [-0.05, 0) is 17.5 Å². The van der Waals surface area contributed by atoms with Crippen molar-refractivity contribution in [1.29, 1.82) is 4.78 Å². The van der Waals surface area contributed by atoms with Gasteiger partial charge in [0.1, 0.15) is 15.7 Å². The van der Waals surface area contributed by atoms with Gasteiger partial charge in [0.15, 0.2) is 5.69 Å². The van der Waals surface area contributed by atoms with E-state index in [1.54, 1.807) is 6.92 Å². The van der Waals surface area contributed by atoms with E-state index in [0.717, 1.165) is 10.9 Å². The van der Waals surface area contributed by atoms with Gasteiger partial charge in [0, 0.05) is 44.5 Å². The average molecular weight is 482 g/mol. The molecule has 0 aliphatic heterocycles. The van der Waals surface area contributed by atoms with E-state index < -0.39 is 62.1 Å². The number of halogens is 5. The molecule has 13 heteroatoms. The molecular weight excluding hydrogens is 462 g/mol. The van der Waals surface area contributed by atoms with Crippen molar-refractivity contribution in [2.75, 3.05) is 11.6 Å². The number of rotatable bonds is 6. The zero-order chi connectivity index (χ0) is 23.4. The summed E-state index contributed by atoms with van der Waals surface area (Å²) in [6.45, 7) is 1.90. The fourth-order valence-corrected chi connectivity index (χ4v) is 4.61. The largest absolute Gasteiger partial charge is 0.320 e.